The molecule has 0 bridgehead atoms. The zero-order chi connectivity index (χ0) is 18.8. The van der Waals surface area contributed by atoms with Crippen molar-refractivity contribution in [2.75, 3.05) is 25.6 Å². The van der Waals surface area contributed by atoms with Crippen LogP contribution in [0.15, 0.2) is 18.2 Å². The Bertz CT molecular complexity index is 905. The zero-order valence-corrected chi connectivity index (χ0v) is 14.9. The van der Waals surface area contributed by atoms with Gasteiger partial charge in [-0.3, -0.25) is 9.59 Å². The number of anilines is 1. The van der Waals surface area contributed by atoms with Crippen LogP contribution < -0.4 is 20.5 Å². The molecule has 2 heterocycles. The summed E-state index contributed by atoms with van der Waals surface area (Å²) in [6.45, 7) is 2.42. The Balaban J connectivity index is 1.92. The molecular formula is C17H16N2O6S. The van der Waals surface area contributed by atoms with Gasteiger partial charge in [-0.15, -0.1) is 11.3 Å². The number of thiophene rings is 1. The van der Waals surface area contributed by atoms with Crippen molar-refractivity contribution in [2.45, 2.75) is 6.92 Å². The van der Waals surface area contributed by atoms with Crippen LogP contribution in [0.25, 0.3) is 0 Å². The molecule has 2 aromatic rings. The van der Waals surface area contributed by atoms with Crippen LogP contribution in [0.4, 0.5) is 5.00 Å². The molecule has 0 spiro atoms. The molecule has 1 aromatic carbocycles. The molecule has 1 aliphatic heterocycles. The summed E-state index contributed by atoms with van der Waals surface area (Å²) in [6, 6.07) is 4.77. The smallest absolute Gasteiger partial charge is 0.348 e. The third kappa shape index (κ3) is 3.21. The number of carbonyl (C=O) groups excluding carboxylic acids is 3. The first-order valence-corrected chi connectivity index (χ1v) is 8.46. The maximum Gasteiger partial charge on any atom is 0.348 e. The van der Waals surface area contributed by atoms with Crippen LogP contribution in [-0.2, 0) is 4.74 Å². The monoisotopic (exact) mass is 376 g/mol. The largest absolute Gasteiger partial charge is 0.486 e. The van der Waals surface area contributed by atoms with E-state index < -0.39 is 17.8 Å². The molecule has 0 atom stereocenters. The molecule has 0 radical (unpaired) electrons. The van der Waals surface area contributed by atoms with E-state index in [0.717, 1.165) is 11.3 Å². The second-order valence-electron chi connectivity index (χ2n) is 5.43. The van der Waals surface area contributed by atoms with Crippen LogP contribution in [-0.4, -0.2) is 38.1 Å². The Morgan fingerprint density at radius 3 is 2.54 bits per heavy atom. The van der Waals surface area contributed by atoms with Gasteiger partial charge in [0.1, 0.15) is 23.1 Å². The lowest BCUT2D eigenvalue weighted by Gasteiger charge is -2.18. The minimum Gasteiger partial charge on any atom is -0.486 e. The van der Waals surface area contributed by atoms with Crippen LogP contribution >= 0.6 is 11.3 Å². The second kappa shape index (κ2) is 7.04. The number of primary amides is 1. The van der Waals surface area contributed by atoms with Crippen LogP contribution in [0.1, 0.15) is 36.0 Å². The van der Waals surface area contributed by atoms with Gasteiger partial charge in [0.2, 0.25) is 0 Å². The van der Waals surface area contributed by atoms with Crippen molar-refractivity contribution >= 4 is 34.1 Å². The van der Waals surface area contributed by atoms with Crippen molar-refractivity contribution in [1.82, 2.24) is 0 Å². The van der Waals surface area contributed by atoms with Crippen LogP contribution in [0.5, 0.6) is 11.5 Å². The molecule has 136 valence electrons. The van der Waals surface area contributed by atoms with E-state index in [4.69, 9.17) is 19.9 Å². The summed E-state index contributed by atoms with van der Waals surface area (Å²) in [5.74, 6) is -0.787. The van der Waals surface area contributed by atoms with Crippen molar-refractivity contribution in [3.05, 3.63) is 39.8 Å². The Morgan fingerprint density at radius 2 is 1.88 bits per heavy atom. The van der Waals surface area contributed by atoms with Crippen molar-refractivity contribution in [3.8, 4) is 11.5 Å². The predicted molar refractivity (Wildman–Crippen MR) is 94.3 cm³/mol. The van der Waals surface area contributed by atoms with Crippen molar-refractivity contribution in [3.63, 3.8) is 0 Å². The first-order chi connectivity index (χ1) is 12.4. The average molecular weight is 376 g/mol. The van der Waals surface area contributed by atoms with Crippen molar-refractivity contribution in [1.29, 1.82) is 0 Å². The number of carbonyl (C=O) groups is 3. The average Bonchev–Trinajstić information content (AvgIpc) is 2.96. The number of rotatable bonds is 4. The normalized spacial score (nSPS) is 12.4. The van der Waals surface area contributed by atoms with E-state index in [1.165, 1.54) is 7.11 Å². The summed E-state index contributed by atoms with van der Waals surface area (Å²) in [4.78, 5) is 36.4. The number of amides is 2. The van der Waals surface area contributed by atoms with Crippen LogP contribution in [0.3, 0.4) is 0 Å². The number of hydrogen-bond donors (Lipinski definition) is 2. The fraction of sp³-hybridized carbons (Fsp3) is 0.235. The third-order valence-electron chi connectivity index (χ3n) is 3.80. The molecule has 26 heavy (non-hydrogen) atoms. The summed E-state index contributed by atoms with van der Waals surface area (Å²) in [7, 11) is 1.23. The van der Waals surface area contributed by atoms with E-state index in [1.807, 2.05) is 0 Å². The summed E-state index contributed by atoms with van der Waals surface area (Å²) in [6.07, 6.45) is 0. The van der Waals surface area contributed by atoms with Crippen LogP contribution in [0, 0.1) is 6.92 Å². The topological polar surface area (TPSA) is 117 Å². The standard InChI is InChI=1S/C17H16N2O6S/c1-8-12(14(18)20)16(26-13(8)17(22)23-2)19-15(21)9-3-4-10-11(7-9)25-6-5-24-10/h3-4,7H,5-6H2,1-2H3,(H2,18,20)(H,19,21). The van der Waals surface area contributed by atoms with Gasteiger partial charge in [0.05, 0.1) is 12.7 Å². The fourth-order valence-corrected chi connectivity index (χ4v) is 3.67. The number of methoxy groups -OCH3 is 1. The van der Waals surface area contributed by atoms with E-state index in [2.05, 4.69) is 5.32 Å². The highest BCUT2D eigenvalue weighted by molar-refractivity contribution is 7.18. The molecular weight excluding hydrogens is 360 g/mol. The number of benzene rings is 1. The molecule has 9 heteroatoms. The Kier molecular flexibility index (Phi) is 4.81. The van der Waals surface area contributed by atoms with Crippen molar-refractivity contribution in [2.24, 2.45) is 5.73 Å². The number of hydrogen-bond acceptors (Lipinski definition) is 7. The molecule has 0 saturated carbocycles. The van der Waals surface area contributed by atoms with Gasteiger partial charge in [0.25, 0.3) is 11.8 Å². The quantitative estimate of drug-likeness (QED) is 0.788. The highest BCUT2D eigenvalue weighted by Gasteiger charge is 2.25. The van der Waals surface area contributed by atoms with Gasteiger partial charge in [-0.05, 0) is 30.7 Å². The molecule has 8 nitrogen and oxygen atoms in total. The molecule has 0 fully saturated rings. The second-order valence-corrected chi connectivity index (χ2v) is 6.45. The lowest BCUT2D eigenvalue weighted by molar-refractivity contribution is 0.0605. The SMILES string of the molecule is COC(=O)c1sc(NC(=O)c2ccc3c(c2)OCCO3)c(C(N)=O)c1C. The molecule has 3 N–H and O–H groups in total. The zero-order valence-electron chi connectivity index (χ0n) is 14.1. The molecule has 2 amide bonds. The van der Waals surface area contributed by atoms with E-state index in [-0.39, 0.29) is 15.4 Å². The maximum absolute atomic E-state index is 12.6. The minimum atomic E-state index is -0.744. The first-order valence-electron chi connectivity index (χ1n) is 7.65. The van der Waals surface area contributed by atoms with Gasteiger partial charge < -0.3 is 25.3 Å². The Morgan fingerprint density at radius 1 is 1.19 bits per heavy atom. The Labute approximate surface area is 152 Å². The van der Waals surface area contributed by atoms with Gasteiger partial charge in [-0.1, -0.05) is 0 Å². The molecule has 3 rings (SSSR count). The van der Waals surface area contributed by atoms with Gasteiger partial charge in [-0.25, -0.2) is 4.79 Å². The van der Waals surface area contributed by atoms with E-state index in [0.29, 0.717) is 35.8 Å². The van der Waals surface area contributed by atoms with Gasteiger partial charge in [0, 0.05) is 5.56 Å². The first kappa shape index (κ1) is 17.7. The summed E-state index contributed by atoms with van der Waals surface area (Å²) in [5.41, 5.74) is 6.17. The van der Waals surface area contributed by atoms with Crippen molar-refractivity contribution < 1.29 is 28.6 Å². The molecule has 0 unspecified atom stereocenters. The molecule has 0 aliphatic carbocycles. The van der Waals surface area contributed by atoms with Crippen LogP contribution in [0.2, 0.25) is 0 Å². The number of nitrogens with one attached hydrogen (secondary N) is 1. The summed E-state index contributed by atoms with van der Waals surface area (Å²) < 4.78 is 15.6. The Hall–Kier alpha value is -3.07. The minimum absolute atomic E-state index is 0.0845. The molecule has 1 aromatic heterocycles. The van der Waals surface area contributed by atoms with Gasteiger partial charge >= 0.3 is 5.97 Å². The third-order valence-corrected chi connectivity index (χ3v) is 4.98. The fourth-order valence-electron chi connectivity index (χ4n) is 2.55. The number of esters is 1. The summed E-state index contributed by atoms with van der Waals surface area (Å²) in [5, 5.41) is 2.82. The highest BCUT2D eigenvalue weighted by Crippen LogP contribution is 2.35. The number of fused-ring (bicyclic) bond motifs is 1. The number of ether oxygens (including phenoxy) is 3. The number of nitrogens with two attached hydrogens (primary N) is 1. The van der Waals surface area contributed by atoms with E-state index >= 15 is 0 Å². The van der Waals surface area contributed by atoms with Gasteiger partial charge in [0.15, 0.2) is 11.5 Å². The summed E-state index contributed by atoms with van der Waals surface area (Å²) >= 11 is 0.936. The molecule has 0 saturated heterocycles. The maximum atomic E-state index is 12.6. The highest BCUT2D eigenvalue weighted by atomic mass is 32.1. The van der Waals surface area contributed by atoms with Gasteiger partial charge in [-0.2, -0.15) is 0 Å². The lowest BCUT2D eigenvalue weighted by Crippen LogP contribution is -2.19. The van der Waals surface area contributed by atoms with E-state index in [1.54, 1.807) is 25.1 Å². The molecule has 1 aliphatic rings. The lowest BCUT2D eigenvalue weighted by atomic mass is 10.1. The van der Waals surface area contributed by atoms with E-state index in [9.17, 15) is 14.4 Å². The predicted octanol–water partition coefficient (Wildman–Crippen LogP) is 1.97.